The smallest absolute Gasteiger partial charge is 0.0339 e. The fourth-order valence-corrected chi connectivity index (χ4v) is 3.73. The Morgan fingerprint density at radius 1 is 1.32 bits per heavy atom. The Kier molecular flexibility index (Phi) is 3.85. The summed E-state index contributed by atoms with van der Waals surface area (Å²) in [7, 11) is 0. The minimum atomic E-state index is 0.479. The van der Waals surface area contributed by atoms with Crippen molar-refractivity contribution in [2.75, 3.05) is 19.6 Å². The summed E-state index contributed by atoms with van der Waals surface area (Å²) < 4.78 is 0. The lowest BCUT2D eigenvalue weighted by Crippen LogP contribution is -2.58. The molecule has 2 aliphatic rings. The summed E-state index contributed by atoms with van der Waals surface area (Å²) in [5, 5.41) is 0. The van der Waals surface area contributed by atoms with Gasteiger partial charge in [-0.3, -0.25) is 14.8 Å². The summed E-state index contributed by atoms with van der Waals surface area (Å²) in [6.45, 7) is 8.46. The zero-order valence-electron chi connectivity index (χ0n) is 12.1. The Bertz CT molecular complexity index is 406. The molecule has 3 atom stereocenters. The van der Waals surface area contributed by atoms with Gasteiger partial charge in [-0.1, -0.05) is 12.5 Å². The van der Waals surface area contributed by atoms with Gasteiger partial charge in [0, 0.05) is 43.6 Å². The van der Waals surface area contributed by atoms with Crippen LogP contribution in [0.15, 0.2) is 24.5 Å². The van der Waals surface area contributed by atoms with Crippen molar-refractivity contribution in [1.29, 1.82) is 0 Å². The van der Waals surface area contributed by atoms with Gasteiger partial charge in [-0.15, -0.1) is 0 Å². The standard InChI is InChI=1S/C16H25N3/c1-13-11-18-9-4-3-7-16(18)12-19(13)14(2)15-6-5-8-17-10-15/h5-6,8,10,13-14,16H,3-4,7,9,11-12H2,1-2H3. The molecule has 0 bridgehead atoms. The lowest BCUT2D eigenvalue weighted by Gasteiger charge is -2.49. The van der Waals surface area contributed by atoms with E-state index in [9.17, 15) is 0 Å². The molecule has 0 aromatic carbocycles. The molecule has 0 amide bonds. The van der Waals surface area contributed by atoms with E-state index in [4.69, 9.17) is 0 Å². The third-order valence-corrected chi connectivity index (χ3v) is 4.90. The molecule has 3 nitrogen and oxygen atoms in total. The van der Waals surface area contributed by atoms with Crippen LogP contribution in [0.3, 0.4) is 0 Å². The first kappa shape index (κ1) is 13.1. The number of piperazine rings is 1. The predicted octanol–water partition coefficient (Wildman–Crippen LogP) is 2.70. The van der Waals surface area contributed by atoms with Crippen molar-refractivity contribution in [3.63, 3.8) is 0 Å². The summed E-state index contributed by atoms with van der Waals surface area (Å²) in [5.41, 5.74) is 1.35. The van der Waals surface area contributed by atoms with Crippen molar-refractivity contribution in [2.24, 2.45) is 0 Å². The highest BCUT2D eigenvalue weighted by Gasteiger charge is 2.35. The van der Waals surface area contributed by atoms with Crippen LogP contribution in [-0.2, 0) is 0 Å². The number of hydrogen-bond acceptors (Lipinski definition) is 3. The highest BCUT2D eigenvalue weighted by atomic mass is 15.3. The van der Waals surface area contributed by atoms with Crippen molar-refractivity contribution in [2.45, 2.75) is 51.2 Å². The molecule has 3 heterocycles. The number of pyridine rings is 1. The van der Waals surface area contributed by atoms with E-state index in [1.54, 1.807) is 0 Å². The molecule has 2 fully saturated rings. The number of hydrogen-bond donors (Lipinski definition) is 0. The first-order chi connectivity index (χ1) is 9.25. The monoisotopic (exact) mass is 259 g/mol. The summed E-state index contributed by atoms with van der Waals surface area (Å²) in [6, 6.07) is 6.16. The van der Waals surface area contributed by atoms with Crippen LogP contribution in [-0.4, -0.2) is 46.5 Å². The minimum absolute atomic E-state index is 0.479. The molecule has 3 unspecified atom stereocenters. The molecule has 0 aliphatic carbocycles. The molecule has 0 N–H and O–H groups in total. The van der Waals surface area contributed by atoms with E-state index >= 15 is 0 Å². The van der Waals surface area contributed by atoms with E-state index in [-0.39, 0.29) is 0 Å². The fraction of sp³-hybridized carbons (Fsp3) is 0.688. The van der Waals surface area contributed by atoms with Gasteiger partial charge in [0.15, 0.2) is 0 Å². The maximum Gasteiger partial charge on any atom is 0.0339 e. The second kappa shape index (κ2) is 5.59. The molecule has 19 heavy (non-hydrogen) atoms. The molecule has 0 spiro atoms. The highest BCUT2D eigenvalue weighted by molar-refractivity contribution is 5.14. The summed E-state index contributed by atoms with van der Waals surface area (Å²) in [5.74, 6) is 0. The summed E-state index contributed by atoms with van der Waals surface area (Å²) in [6.07, 6.45) is 8.05. The molecule has 1 aromatic rings. The molecular weight excluding hydrogens is 234 g/mol. The Labute approximate surface area is 116 Å². The van der Waals surface area contributed by atoms with E-state index < -0.39 is 0 Å². The van der Waals surface area contributed by atoms with Crippen LogP contribution >= 0.6 is 0 Å². The van der Waals surface area contributed by atoms with Crippen LogP contribution in [0.1, 0.15) is 44.7 Å². The SMILES string of the molecule is CC1CN2CCCCC2CN1C(C)c1cccnc1. The maximum absolute atomic E-state index is 4.27. The van der Waals surface area contributed by atoms with Crippen LogP contribution in [0.4, 0.5) is 0 Å². The van der Waals surface area contributed by atoms with Crippen molar-refractivity contribution in [1.82, 2.24) is 14.8 Å². The normalized spacial score (nSPS) is 30.8. The van der Waals surface area contributed by atoms with Gasteiger partial charge in [-0.25, -0.2) is 0 Å². The maximum atomic E-state index is 4.27. The van der Waals surface area contributed by atoms with Crippen LogP contribution in [0.2, 0.25) is 0 Å². The van der Waals surface area contributed by atoms with Crippen LogP contribution < -0.4 is 0 Å². The van der Waals surface area contributed by atoms with Gasteiger partial charge >= 0.3 is 0 Å². The largest absolute Gasteiger partial charge is 0.298 e. The third kappa shape index (κ3) is 2.67. The number of rotatable bonds is 2. The van der Waals surface area contributed by atoms with E-state index in [0.717, 1.165) is 6.04 Å². The first-order valence-electron chi connectivity index (χ1n) is 7.65. The quantitative estimate of drug-likeness (QED) is 0.814. The van der Waals surface area contributed by atoms with Crippen molar-refractivity contribution < 1.29 is 0 Å². The lowest BCUT2D eigenvalue weighted by atomic mass is 9.95. The number of aromatic nitrogens is 1. The average Bonchev–Trinajstić information content (AvgIpc) is 2.47. The fourth-order valence-electron chi connectivity index (χ4n) is 3.73. The van der Waals surface area contributed by atoms with Crippen LogP contribution in [0.25, 0.3) is 0 Å². The van der Waals surface area contributed by atoms with Gasteiger partial charge in [-0.2, -0.15) is 0 Å². The van der Waals surface area contributed by atoms with Gasteiger partial charge in [0.05, 0.1) is 0 Å². The second-order valence-electron chi connectivity index (χ2n) is 6.15. The Morgan fingerprint density at radius 2 is 2.21 bits per heavy atom. The Balaban J connectivity index is 1.73. The third-order valence-electron chi connectivity index (χ3n) is 4.90. The number of nitrogens with zero attached hydrogens (tertiary/aromatic N) is 3. The zero-order chi connectivity index (χ0) is 13.2. The molecule has 2 saturated heterocycles. The van der Waals surface area contributed by atoms with Crippen LogP contribution in [0.5, 0.6) is 0 Å². The van der Waals surface area contributed by atoms with E-state index in [0.29, 0.717) is 12.1 Å². The Morgan fingerprint density at radius 3 is 3.00 bits per heavy atom. The molecule has 2 aliphatic heterocycles. The van der Waals surface area contributed by atoms with E-state index in [1.165, 1.54) is 44.5 Å². The topological polar surface area (TPSA) is 19.4 Å². The average molecular weight is 259 g/mol. The molecule has 3 heteroatoms. The van der Waals surface area contributed by atoms with E-state index in [1.807, 2.05) is 18.5 Å². The van der Waals surface area contributed by atoms with Gasteiger partial charge < -0.3 is 0 Å². The first-order valence-corrected chi connectivity index (χ1v) is 7.65. The predicted molar refractivity (Wildman–Crippen MR) is 78.0 cm³/mol. The Hall–Kier alpha value is -0.930. The van der Waals surface area contributed by atoms with Gasteiger partial charge in [0.2, 0.25) is 0 Å². The molecular formula is C16H25N3. The van der Waals surface area contributed by atoms with Gasteiger partial charge in [0.25, 0.3) is 0 Å². The van der Waals surface area contributed by atoms with Crippen LogP contribution in [0, 0.1) is 0 Å². The molecule has 1 aromatic heterocycles. The number of piperidine rings is 1. The lowest BCUT2D eigenvalue weighted by molar-refractivity contribution is -0.00465. The minimum Gasteiger partial charge on any atom is -0.298 e. The van der Waals surface area contributed by atoms with Crippen molar-refractivity contribution in [3.8, 4) is 0 Å². The summed E-state index contributed by atoms with van der Waals surface area (Å²) >= 11 is 0. The number of fused-ring (bicyclic) bond motifs is 1. The molecule has 3 rings (SSSR count). The van der Waals surface area contributed by atoms with Crippen molar-refractivity contribution in [3.05, 3.63) is 30.1 Å². The van der Waals surface area contributed by atoms with Crippen molar-refractivity contribution >= 4 is 0 Å². The summed E-state index contributed by atoms with van der Waals surface area (Å²) in [4.78, 5) is 9.65. The zero-order valence-corrected chi connectivity index (χ0v) is 12.1. The highest BCUT2D eigenvalue weighted by Crippen LogP contribution is 2.30. The molecule has 0 radical (unpaired) electrons. The molecule has 104 valence electrons. The van der Waals surface area contributed by atoms with Gasteiger partial charge in [-0.05, 0) is 44.9 Å². The van der Waals surface area contributed by atoms with E-state index in [2.05, 4.69) is 34.7 Å². The molecule has 0 saturated carbocycles. The van der Waals surface area contributed by atoms with Gasteiger partial charge in [0.1, 0.15) is 0 Å². The second-order valence-corrected chi connectivity index (χ2v) is 6.15.